The second-order valence-electron chi connectivity index (χ2n) is 5.52. The predicted molar refractivity (Wildman–Crippen MR) is 68.7 cm³/mol. The van der Waals surface area contributed by atoms with E-state index in [1.54, 1.807) is 13.8 Å². The molecule has 0 bridgehead atoms. The predicted octanol–water partition coefficient (Wildman–Crippen LogP) is 2.73. The number of rotatable bonds is 3. The fourth-order valence-corrected chi connectivity index (χ4v) is 2.19. The number of fused-ring (bicyclic) bond motifs is 1. The molecule has 1 heterocycles. The summed E-state index contributed by atoms with van der Waals surface area (Å²) in [6.07, 6.45) is 4.29. The molecular weight excluding hydrogens is 228 g/mol. The zero-order chi connectivity index (χ0) is 12.9. The molecule has 1 saturated carbocycles. The highest BCUT2D eigenvalue weighted by molar-refractivity contribution is 5.83. The van der Waals surface area contributed by atoms with Crippen LogP contribution in [-0.2, 0) is 10.2 Å². The Kier molecular flexibility index (Phi) is 2.24. The van der Waals surface area contributed by atoms with Crippen molar-refractivity contribution in [1.29, 1.82) is 0 Å². The Morgan fingerprint density at radius 2 is 2.17 bits per heavy atom. The number of carbonyl (C=O) groups is 1. The summed E-state index contributed by atoms with van der Waals surface area (Å²) in [5.41, 5.74) is 1.90. The number of carboxylic acid groups (broad SMARTS) is 1. The van der Waals surface area contributed by atoms with Crippen molar-refractivity contribution < 1.29 is 9.90 Å². The van der Waals surface area contributed by atoms with Crippen molar-refractivity contribution in [3.05, 3.63) is 30.1 Å². The number of aromatic nitrogens is 2. The molecule has 1 fully saturated rings. The van der Waals surface area contributed by atoms with E-state index in [2.05, 4.69) is 9.55 Å². The van der Waals surface area contributed by atoms with Crippen molar-refractivity contribution in [3.63, 3.8) is 0 Å². The number of imidazole rings is 1. The van der Waals surface area contributed by atoms with E-state index in [1.165, 1.54) is 12.8 Å². The van der Waals surface area contributed by atoms with Gasteiger partial charge in [0.1, 0.15) is 0 Å². The molecule has 0 saturated heterocycles. The minimum Gasteiger partial charge on any atom is -0.481 e. The number of carboxylic acids is 1. The van der Waals surface area contributed by atoms with Crippen LogP contribution in [0.3, 0.4) is 0 Å². The molecule has 94 valence electrons. The number of hydrogen-bond donors (Lipinski definition) is 1. The van der Waals surface area contributed by atoms with Crippen LogP contribution in [0.4, 0.5) is 0 Å². The molecule has 0 unspecified atom stereocenters. The van der Waals surface area contributed by atoms with Crippen molar-refractivity contribution in [2.24, 2.45) is 0 Å². The van der Waals surface area contributed by atoms with Gasteiger partial charge in [-0.1, -0.05) is 6.07 Å². The minimum atomic E-state index is -0.877. The van der Waals surface area contributed by atoms with Gasteiger partial charge in [-0.05, 0) is 44.4 Å². The fraction of sp³-hybridized carbons (Fsp3) is 0.429. The molecule has 0 atom stereocenters. The number of aliphatic carboxylic acids is 1. The highest BCUT2D eigenvalue weighted by Crippen LogP contribution is 2.37. The summed E-state index contributed by atoms with van der Waals surface area (Å²) < 4.78 is 2.19. The quantitative estimate of drug-likeness (QED) is 0.903. The molecule has 1 N–H and O–H groups in total. The summed E-state index contributed by atoms with van der Waals surface area (Å²) in [7, 11) is 0. The van der Waals surface area contributed by atoms with Crippen molar-refractivity contribution >= 4 is 17.0 Å². The van der Waals surface area contributed by atoms with Crippen LogP contribution in [0.2, 0.25) is 0 Å². The van der Waals surface area contributed by atoms with Crippen LogP contribution in [0.15, 0.2) is 24.5 Å². The Hall–Kier alpha value is -1.84. The molecule has 0 aliphatic heterocycles. The van der Waals surface area contributed by atoms with Crippen molar-refractivity contribution in [2.45, 2.75) is 38.1 Å². The zero-order valence-corrected chi connectivity index (χ0v) is 10.6. The van der Waals surface area contributed by atoms with Crippen LogP contribution < -0.4 is 0 Å². The molecule has 0 spiro atoms. The van der Waals surface area contributed by atoms with Gasteiger partial charge >= 0.3 is 5.97 Å². The number of benzene rings is 1. The van der Waals surface area contributed by atoms with Gasteiger partial charge in [-0.2, -0.15) is 0 Å². The Labute approximate surface area is 105 Å². The van der Waals surface area contributed by atoms with Crippen LogP contribution in [0.1, 0.15) is 38.3 Å². The highest BCUT2D eigenvalue weighted by Gasteiger charge is 2.30. The van der Waals surface area contributed by atoms with Crippen LogP contribution in [0, 0.1) is 0 Å². The molecule has 1 aromatic carbocycles. The van der Waals surface area contributed by atoms with E-state index in [4.69, 9.17) is 0 Å². The summed E-state index contributed by atoms with van der Waals surface area (Å²) in [4.78, 5) is 15.6. The standard InChI is InChI=1S/C14H16N2O2/c1-14(2,13(17)18)9-3-6-12-11(7-9)15-8-16(12)10-4-5-10/h3,6-8,10H,4-5H2,1-2H3,(H,17,18). The third kappa shape index (κ3) is 1.60. The van der Waals surface area contributed by atoms with Gasteiger partial charge in [-0.3, -0.25) is 4.79 Å². The van der Waals surface area contributed by atoms with Gasteiger partial charge in [-0.15, -0.1) is 0 Å². The van der Waals surface area contributed by atoms with Gasteiger partial charge in [0.05, 0.1) is 22.8 Å². The van der Waals surface area contributed by atoms with E-state index in [-0.39, 0.29) is 0 Å². The monoisotopic (exact) mass is 244 g/mol. The fourth-order valence-electron chi connectivity index (χ4n) is 2.19. The molecule has 3 rings (SSSR count). The lowest BCUT2D eigenvalue weighted by molar-refractivity contribution is -0.142. The molecule has 4 nitrogen and oxygen atoms in total. The van der Waals surface area contributed by atoms with Crippen LogP contribution in [-0.4, -0.2) is 20.6 Å². The molecule has 1 aliphatic carbocycles. The number of hydrogen-bond acceptors (Lipinski definition) is 2. The van der Waals surface area contributed by atoms with Gasteiger partial charge in [0.25, 0.3) is 0 Å². The first-order valence-corrected chi connectivity index (χ1v) is 6.20. The van der Waals surface area contributed by atoms with Crippen molar-refractivity contribution in [1.82, 2.24) is 9.55 Å². The lowest BCUT2D eigenvalue weighted by atomic mass is 9.85. The van der Waals surface area contributed by atoms with E-state index in [0.717, 1.165) is 16.6 Å². The lowest BCUT2D eigenvalue weighted by Gasteiger charge is -2.19. The minimum absolute atomic E-state index is 0.591. The van der Waals surface area contributed by atoms with Gasteiger partial charge < -0.3 is 9.67 Å². The van der Waals surface area contributed by atoms with Gasteiger partial charge in [0.2, 0.25) is 0 Å². The van der Waals surface area contributed by atoms with Gasteiger partial charge in [-0.25, -0.2) is 4.98 Å². The summed E-state index contributed by atoms with van der Waals surface area (Å²) >= 11 is 0. The maximum Gasteiger partial charge on any atom is 0.313 e. The van der Waals surface area contributed by atoms with E-state index in [0.29, 0.717) is 6.04 Å². The summed E-state index contributed by atoms with van der Waals surface area (Å²) in [5, 5.41) is 9.24. The average Bonchev–Trinajstić information content (AvgIpc) is 3.08. The van der Waals surface area contributed by atoms with Crippen LogP contribution in [0.5, 0.6) is 0 Å². The summed E-state index contributed by atoms with van der Waals surface area (Å²) in [6, 6.07) is 6.37. The summed E-state index contributed by atoms with van der Waals surface area (Å²) in [5.74, 6) is -0.816. The van der Waals surface area contributed by atoms with Crippen LogP contribution >= 0.6 is 0 Å². The van der Waals surface area contributed by atoms with E-state index in [1.807, 2.05) is 24.5 Å². The van der Waals surface area contributed by atoms with Crippen molar-refractivity contribution in [2.75, 3.05) is 0 Å². The van der Waals surface area contributed by atoms with E-state index in [9.17, 15) is 9.90 Å². The second kappa shape index (κ2) is 3.57. The topological polar surface area (TPSA) is 55.1 Å². The molecule has 4 heteroatoms. The Morgan fingerprint density at radius 1 is 1.44 bits per heavy atom. The third-order valence-corrected chi connectivity index (χ3v) is 3.77. The molecule has 1 aliphatic rings. The Balaban J connectivity index is 2.09. The van der Waals surface area contributed by atoms with Gasteiger partial charge in [0.15, 0.2) is 0 Å². The maximum absolute atomic E-state index is 11.3. The van der Waals surface area contributed by atoms with Gasteiger partial charge in [0, 0.05) is 6.04 Å². The first-order valence-electron chi connectivity index (χ1n) is 6.20. The normalized spacial score (nSPS) is 16.1. The SMILES string of the molecule is CC(C)(C(=O)O)c1ccc2c(c1)ncn2C1CC1. The first kappa shape index (κ1) is 11.3. The average molecular weight is 244 g/mol. The second-order valence-corrected chi connectivity index (χ2v) is 5.52. The van der Waals surface area contributed by atoms with E-state index < -0.39 is 11.4 Å². The molecule has 0 radical (unpaired) electrons. The largest absolute Gasteiger partial charge is 0.481 e. The molecule has 2 aromatic rings. The van der Waals surface area contributed by atoms with Crippen LogP contribution in [0.25, 0.3) is 11.0 Å². The molecule has 0 amide bonds. The summed E-state index contributed by atoms with van der Waals surface area (Å²) in [6.45, 7) is 3.43. The highest BCUT2D eigenvalue weighted by atomic mass is 16.4. The molecule has 18 heavy (non-hydrogen) atoms. The third-order valence-electron chi connectivity index (χ3n) is 3.77. The van der Waals surface area contributed by atoms with E-state index >= 15 is 0 Å². The Bertz CT molecular complexity index is 624. The zero-order valence-electron chi connectivity index (χ0n) is 10.6. The maximum atomic E-state index is 11.3. The lowest BCUT2D eigenvalue weighted by Crippen LogP contribution is -2.28. The molecule has 1 aromatic heterocycles. The first-order chi connectivity index (χ1) is 8.50. The smallest absolute Gasteiger partial charge is 0.313 e. The van der Waals surface area contributed by atoms with Crippen molar-refractivity contribution in [3.8, 4) is 0 Å². The molecular formula is C14H16N2O2. The number of nitrogens with zero attached hydrogens (tertiary/aromatic N) is 2. The Morgan fingerprint density at radius 3 is 2.78 bits per heavy atom.